The average Bonchev–Trinajstić information content (AvgIpc) is 2.27. The first-order valence-electron chi connectivity index (χ1n) is 4.40. The lowest BCUT2D eigenvalue weighted by Gasteiger charge is -2.04. The molecule has 1 heterocycles. The Morgan fingerprint density at radius 2 is 2.31 bits per heavy atom. The van der Waals surface area contributed by atoms with Crippen LogP contribution in [0.4, 0.5) is 0 Å². The van der Waals surface area contributed by atoms with Crippen LogP contribution in [0.15, 0.2) is 16.4 Å². The highest BCUT2D eigenvalue weighted by molar-refractivity contribution is 5.90. The van der Waals surface area contributed by atoms with Gasteiger partial charge in [-0.3, -0.25) is 0 Å². The lowest BCUT2D eigenvalue weighted by molar-refractivity contribution is -0.580. The van der Waals surface area contributed by atoms with Crippen molar-refractivity contribution in [3.05, 3.63) is 11.3 Å². The zero-order chi connectivity index (χ0) is 10.0. The summed E-state index contributed by atoms with van der Waals surface area (Å²) in [5.41, 5.74) is 1.43. The normalized spacial score (nSPS) is 21.8. The summed E-state index contributed by atoms with van der Waals surface area (Å²) in [6.45, 7) is 5.97. The van der Waals surface area contributed by atoms with Gasteiger partial charge in [-0.15, -0.1) is 4.70 Å². The molecule has 0 N–H and O–H groups in total. The molecule has 0 aromatic rings. The summed E-state index contributed by atoms with van der Waals surface area (Å²) < 4.78 is 6.70. The van der Waals surface area contributed by atoms with Crippen LogP contribution in [-0.2, 0) is 9.53 Å². The van der Waals surface area contributed by atoms with Crippen molar-refractivity contribution >= 4 is 5.97 Å². The Bertz CT molecular complexity index is 292. The van der Waals surface area contributed by atoms with E-state index in [4.69, 9.17) is 4.74 Å². The summed E-state index contributed by atoms with van der Waals surface area (Å²) >= 11 is 0. The van der Waals surface area contributed by atoms with E-state index in [1.54, 1.807) is 11.6 Å². The highest BCUT2D eigenvalue weighted by Gasteiger charge is 2.34. The standard InChI is InChI=1S/C9H15N2O2/c1-5-13-9(12)8-6(2)10-11(4)7(8)3/h7H,5H2,1-4H3/q+1. The first kappa shape index (κ1) is 9.89. The minimum Gasteiger partial charge on any atom is -0.462 e. The van der Waals surface area contributed by atoms with Gasteiger partial charge in [0, 0.05) is 6.92 Å². The quantitative estimate of drug-likeness (QED) is 0.478. The minimum atomic E-state index is -0.249. The van der Waals surface area contributed by atoms with Crippen LogP contribution in [0.5, 0.6) is 0 Å². The molecule has 0 spiro atoms. The van der Waals surface area contributed by atoms with Gasteiger partial charge in [0.05, 0.1) is 6.61 Å². The zero-order valence-electron chi connectivity index (χ0n) is 8.50. The van der Waals surface area contributed by atoms with Gasteiger partial charge in [0.1, 0.15) is 11.3 Å². The van der Waals surface area contributed by atoms with Gasteiger partial charge < -0.3 is 4.74 Å². The molecular weight excluding hydrogens is 168 g/mol. The number of carbonyl (C=O) groups excluding carboxylic acids is 1. The lowest BCUT2D eigenvalue weighted by Crippen LogP contribution is -2.22. The monoisotopic (exact) mass is 183 g/mol. The maximum absolute atomic E-state index is 11.4. The van der Waals surface area contributed by atoms with E-state index in [0.717, 1.165) is 5.70 Å². The van der Waals surface area contributed by atoms with Crippen LogP contribution in [0.1, 0.15) is 20.8 Å². The van der Waals surface area contributed by atoms with Gasteiger partial charge in [-0.25, -0.2) is 4.79 Å². The molecule has 0 amide bonds. The Morgan fingerprint density at radius 3 is 2.69 bits per heavy atom. The third-order valence-corrected chi connectivity index (χ3v) is 2.17. The molecule has 0 radical (unpaired) electrons. The van der Waals surface area contributed by atoms with Gasteiger partial charge in [-0.1, -0.05) is 0 Å². The topological polar surface area (TPSA) is 41.7 Å². The van der Waals surface area contributed by atoms with E-state index in [1.165, 1.54) is 0 Å². The molecule has 0 bridgehead atoms. The van der Waals surface area contributed by atoms with Crippen molar-refractivity contribution in [1.29, 1.82) is 0 Å². The largest absolute Gasteiger partial charge is 0.462 e. The second-order valence-corrected chi connectivity index (χ2v) is 3.07. The van der Waals surface area contributed by atoms with Gasteiger partial charge in [-0.05, 0) is 19.0 Å². The van der Waals surface area contributed by atoms with Crippen molar-refractivity contribution in [2.75, 3.05) is 13.7 Å². The summed E-state index contributed by atoms with van der Waals surface area (Å²) in [5.74, 6) is -0.249. The van der Waals surface area contributed by atoms with E-state index >= 15 is 0 Å². The van der Waals surface area contributed by atoms with E-state index in [1.807, 2.05) is 20.9 Å². The first-order chi connectivity index (χ1) is 6.07. The van der Waals surface area contributed by atoms with Crippen LogP contribution < -0.4 is 0 Å². The number of carbonyl (C=O) groups is 1. The van der Waals surface area contributed by atoms with Crippen LogP contribution in [0.3, 0.4) is 0 Å². The van der Waals surface area contributed by atoms with Crippen molar-refractivity contribution in [1.82, 2.24) is 0 Å². The molecule has 1 atom stereocenters. The SMILES string of the molecule is CCOC(=O)C1=C(C)N=[N+](C)C1C. The molecule has 1 rings (SSSR count). The molecule has 13 heavy (non-hydrogen) atoms. The molecule has 0 fully saturated rings. The number of azo groups is 2. The maximum Gasteiger partial charge on any atom is 0.342 e. The Labute approximate surface area is 77.9 Å². The van der Waals surface area contributed by atoms with Crippen LogP contribution >= 0.6 is 0 Å². The number of nitrogens with zero attached hydrogens (tertiary/aromatic N) is 2. The number of rotatable bonds is 2. The smallest absolute Gasteiger partial charge is 0.342 e. The number of esters is 1. The summed E-state index contributed by atoms with van der Waals surface area (Å²) in [5, 5.41) is 4.17. The van der Waals surface area contributed by atoms with E-state index in [0.29, 0.717) is 12.2 Å². The Balaban J connectivity index is 2.83. The summed E-state index contributed by atoms with van der Waals surface area (Å²) in [6.07, 6.45) is 0. The van der Waals surface area contributed by atoms with Gasteiger partial charge in [-0.2, -0.15) is 0 Å². The fraction of sp³-hybridized carbons (Fsp3) is 0.667. The van der Waals surface area contributed by atoms with Gasteiger partial charge in [0.25, 0.3) is 0 Å². The Kier molecular flexibility index (Phi) is 2.80. The van der Waals surface area contributed by atoms with E-state index in [2.05, 4.69) is 5.11 Å². The highest BCUT2D eigenvalue weighted by Crippen LogP contribution is 2.21. The summed E-state index contributed by atoms with van der Waals surface area (Å²) in [7, 11) is 1.85. The number of ether oxygens (including phenoxy) is 1. The van der Waals surface area contributed by atoms with Crippen molar-refractivity contribution in [3.8, 4) is 0 Å². The fourth-order valence-corrected chi connectivity index (χ4v) is 1.39. The number of likely N-dealkylation sites (N-methyl/N-ethyl adjacent to an activating group) is 1. The lowest BCUT2D eigenvalue weighted by atomic mass is 10.1. The van der Waals surface area contributed by atoms with Gasteiger partial charge in [0.2, 0.25) is 6.04 Å². The molecule has 0 saturated heterocycles. The molecular formula is C9H15N2O2+. The van der Waals surface area contributed by atoms with Crippen LogP contribution in [0.2, 0.25) is 0 Å². The summed E-state index contributed by atoms with van der Waals surface area (Å²) in [4.78, 5) is 11.4. The molecule has 0 saturated carbocycles. The molecule has 1 unspecified atom stereocenters. The van der Waals surface area contributed by atoms with Crippen LogP contribution in [0, 0.1) is 0 Å². The zero-order valence-corrected chi connectivity index (χ0v) is 8.50. The fourth-order valence-electron chi connectivity index (χ4n) is 1.39. The molecule has 0 aromatic carbocycles. The molecule has 72 valence electrons. The molecule has 1 aliphatic heterocycles. The third kappa shape index (κ3) is 1.76. The summed E-state index contributed by atoms with van der Waals surface area (Å²) in [6, 6.07) is 0.0269. The number of allylic oxidation sites excluding steroid dienone is 1. The number of hydrogen-bond acceptors (Lipinski definition) is 3. The van der Waals surface area contributed by atoms with E-state index < -0.39 is 0 Å². The van der Waals surface area contributed by atoms with Crippen LogP contribution in [-0.4, -0.2) is 30.4 Å². The average molecular weight is 183 g/mol. The third-order valence-electron chi connectivity index (χ3n) is 2.17. The first-order valence-corrected chi connectivity index (χ1v) is 4.40. The van der Waals surface area contributed by atoms with Crippen LogP contribution in [0.25, 0.3) is 0 Å². The van der Waals surface area contributed by atoms with E-state index in [9.17, 15) is 4.79 Å². The Morgan fingerprint density at radius 1 is 1.69 bits per heavy atom. The minimum absolute atomic E-state index is 0.0269. The predicted octanol–water partition coefficient (Wildman–Crippen LogP) is 1.32. The van der Waals surface area contributed by atoms with Gasteiger partial charge in [0.15, 0.2) is 7.05 Å². The predicted molar refractivity (Wildman–Crippen MR) is 47.4 cm³/mol. The maximum atomic E-state index is 11.4. The van der Waals surface area contributed by atoms with Gasteiger partial charge >= 0.3 is 5.97 Å². The second kappa shape index (κ2) is 3.68. The molecule has 1 aliphatic rings. The van der Waals surface area contributed by atoms with Crippen molar-refractivity contribution in [3.63, 3.8) is 0 Å². The van der Waals surface area contributed by atoms with Crippen molar-refractivity contribution in [2.45, 2.75) is 26.8 Å². The Hall–Kier alpha value is -1.19. The second-order valence-electron chi connectivity index (χ2n) is 3.07. The van der Waals surface area contributed by atoms with Crippen molar-refractivity contribution in [2.24, 2.45) is 5.11 Å². The molecule has 4 heteroatoms. The number of hydrogen-bond donors (Lipinski definition) is 0. The molecule has 4 nitrogen and oxygen atoms in total. The van der Waals surface area contributed by atoms with E-state index in [-0.39, 0.29) is 12.0 Å². The molecule has 0 aliphatic carbocycles. The highest BCUT2D eigenvalue weighted by atomic mass is 16.5. The van der Waals surface area contributed by atoms with Crippen molar-refractivity contribution < 1.29 is 14.2 Å². The molecule has 0 aromatic heterocycles.